The van der Waals surface area contributed by atoms with Crippen LogP contribution in [0.25, 0.3) is 0 Å². The number of nitrogens with one attached hydrogen (secondary N) is 2. The molecule has 0 bridgehead atoms. The van der Waals surface area contributed by atoms with Gasteiger partial charge in [-0.3, -0.25) is 9.89 Å². The molecule has 1 fully saturated rings. The quantitative estimate of drug-likeness (QED) is 0.886. The Morgan fingerprint density at radius 2 is 2.19 bits per heavy atom. The number of amides is 1. The molecule has 0 saturated carbocycles. The molecule has 2 aromatic rings. The van der Waals surface area contributed by atoms with Gasteiger partial charge in [-0.1, -0.05) is 0 Å². The molecular weight excluding hydrogens is 270 g/mol. The first-order valence-electron chi connectivity index (χ1n) is 6.84. The number of hydrogen-bond acceptors (Lipinski definition) is 5. The molecule has 3 rings (SSSR count). The summed E-state index contributed by atoms with van der Waals surface area (Å²) >= 11 is 0. The van der Waals surface area contributed by atoms with Gasteiger partial charge in [0.15, 0.2) is 5.82 Å². The molecule has 0 aliphatic carbocycles. The number of carbonyl (C=O) groups is 1. The largest absolute Gasteiger partial charge is 0.378 e. The number of carbonyl (C=O) groups excluding carboxylic acids is 1. The number of pyridine rings is 1. The van der Waals surface area contributed by atoms with Crippen molar-refractivity contribution in [2.45, 2.75) is 6.92 Å². The van der Waals surface area contributed by atoms with Crippen molar-refractivity contribution in [1.82, 2.24) is 15.2 Å². The molecular formula is C14H17N5O2. The molecule has 0 radical (unpaired) electrons. The minimum atomic E-state index is -0.220. The summed E-state index contributed by atoms with van der Waals surface area (Å²) in [6.45, 7) is 4.95. The maximum Gasteiger partial charge on any atom is 0.258 e. The highest BCUT2D eigenvalue weighted by Gasteiger charge is 2.13. The third-order valence-corrected chi connectivity index (χ3v) is 3.29. The molecule has 3 heterocycles. The van der Waals surface area contributed by atoms with Crippen molar-refractivity contribution in [1.29, 1.82) is 0 Å². The fourth-order valence-corrected chi connectivity index (χ4v) is 2.17. The van der Waals surface area contributed by atoms with Crippen molar-refractivity contribution >= 4 is 17.5 Å². The summed E-state index contributed by atoms with van der Waals surface area (Å²) in [5.74, 6) is 1.16. The molecule has 0 aromatic carbocycles. The van der Waals surface area contributed by atoms with E-state index in [2.05, 4.69) is 25.4 Å². The molecule has 0 spiro atoms. The van der Waals surface area contributed by atoms with E-state index < -0.39 is 0 Å². The van der Waals surface area contributed by atoms with Gasteiger partial charge >= 0.3 is 0 Å². The van der Waals surface area contributed by atoms with Crippen molar-refractivity contribution in [2.24, 2.45) is 0 Å². The van der Waals surface area contributed by atoms with Crippen LogP contribution in [0.2, 0.25) is 0 Å². The molecule has 1 saturated heterocycles. The van der Waals surface area contributed by atoms with Gasteiger partial charge in [-0.25, -0.2) is 4.98 Å². The van der Waals surface area contributed by atoms with E-state index in [9.17, 15) is 4.79 Å². The highest BCUT2D eigenvalue weighted by Crippen LogP contribution is 2.14. The lowest BCUT2D eigenvalue weighted by Crippen LogP contribution is -2.36. The van der Waals surface area contributed by atoms with E-state index in [-0.39, 0.29) is 5.91 Å². The second-order valence-corrected chi connectivity index (χ2v) is 4.89. The summed E-state index contributed by atoms with van der Waals surface area (Å²) in [6.07, 6.45) is 1.58. The number of nitrogens with zero attached hydrogens (tertiary/aromatic N) is 3. The summed E-state index contributed by atoms with van der Waals surface area (Å²) in [5.41, 5.74) is 1.40. The van der Waals surface area contributed by atoms with E-state index in [1.165, 1.54) is 0 Å². The van der Waals surface area contributed by atoms with Gasteiger partial charge in [0.1, 0.15) is 5.82 Å². The second kappa shape index (κ2) is 5.92. The zero-order chi connectivity index (χ0) is 14.7. The van der Waals surface area contributed by atoms with E-state index >= 15 is 0 Å². The number of anilines is 2. The van der Waals surface area contributed by atoms with Crippen molar-refractivity contribution < 1.29 is 9.53 Å². The van der Waals surface area contributed by atoms with Crippen molar-refractivity contribution in [3.8, 4) is 0 Å². The maximum absolute atomic E-state index is 12.1. The Hall–Kier alpha value is -2.41. The van der Waals surface area contributed by atoms with Crippen LogP contribution < -0.4 is 10.2 Å². The lowest BCUT2D eigenvalue weighted by Gasteiger charge is -2.27. The fourth-order valence-electron chi connectivity index (χ4n) is 2.17. The molecule has 1 aliphatic heterocycles. The normalized spacial score (nSPS) is 15.0. The number of rotatable bonds is 3. The van der Waals surface area contributed by atoms with Crippen molar-refractivity contribution in [2.75, 3.05) is 36.5 Å². The molecule has 0 unspecified atom stereocenters. The van der Waals surface area contributed by atoms with Crippen LogP contribution in [0, 0.1) is 6.92 Å². The Morgan fingerprint density at radius 1 is 1.38 bits per heavy atom. The Morgan fingerprint density at radius 3 is 2.81 bits per heavy atom. The second-order valence-electron chi connectivity index (χ2n) is 4.89. The molecule has 7 heteroatoms. The fraction of sp³-hybridized carbons (Fsp3) is 0.357. The average Bonchev–Trinajstić information content (AvgIpc) is 2.93. The molecule has 0 atom stereocenters. The van der Waals surface area contributed by atoms with Crippen LogP contribution in [0.4, 0.5) is 11.6 Å². The van der Waals surface area contributed by atoms with E-state index in [4.69, 9.17) is 4.74 Å². The van der Waals surface area contributed by atoms with Gasteiger partial charge in [0.2, 0.25) is 0 Å². The predicted molar refractivity (Wildman–Crippen MR) is 78.5 cm³/mol. The molecule has 110 valence electrons. The van der Waals surface area contributed by atoms with Gasteiger partial charge in [0, 0.05) is 31.0 Å². The Kier molecular flexibility index (Phi) is 3.83. The number of aromatic amines is 1. The summed E-state index contributed by atoms with van der Waals surface area (Å²) in [7, 11) is 0. The summed E-state index contributed by atoms with van der Waals surface area (Å²) in [5, 5.41) is 9.47. The Bertz CT molecular complexity index is 617. The molecule has 2 aromatic heterocycles. The predicted octanol–water partition coefficient (Wildman–Crippen LogP) is 1.20. The van der Waals surface area contributed by atoms with Crippen molar-refractivity contribution in [3.05, 3.63) is 35.7 Å². The van der Waals surface area contributed by atoms with E-state index in [1.807, 2.05) is 13.0 Å². The maximum atomic E-state index is 12.1. The smallest absolute Gasteiger partial charge is 0.258 e. The Balaban J connectivity index is 1.67. The summed E-state index contributed by atoms with van der Waals surface area (Å²) in [4.78, 5) is 18.6. The van der Waals surface area contributed by atoms with Gasteiger partial charge in [-0.15, -0.1) is 0 Å². The van der Waals surface area contributed by atoms with Gasteiger partial charge in [0.25, 0.3) is 5.91 Å². The highest BCUT2D eigenvalue weighted by molar-refractivity contribution is 6.03. The van der Waals surface area contributed by atoms with Gasteiger partial charge in [-0.2, -0.15) is 5.10 Å². The molecule has 2 N–H and O–H groups in total. The van der Waals surface area contributed by atoms with E-state index in [0.717, 1.165) is 24.6 Å². The van der Waals surface area contributed by atoms with E-state index in [0.29, 0.717) is 24.6 Å². The molecule has 1 amide bonds. The minimum Gasteiger partial charge on any atom is -0.378 e. The van der Waals surface area contributed by atoms with Crippen LogP contribution in [0.15, 0.2) is 24.4 Å². The lowest BCUT2D eigenvalue weighted by molar-refractivity contribution is 0.102. The number of ether oxygens (including phenoxy) is 1. The van der Waals surface area contributed by atoms with Crippen LogP contribution in [-0.2, 0) is 4.74 Å². The summed E-state index contributed by atoms with van der Waals surface area (Å²) in [6, 6.07) is 5.40. The molecule has 7 nitrogen and oxygen atoms in total. The molecule has 1 aliphatic rings. The number of hydrogen-bond donors (Lipinski definition) is 2. The van der Waals surface area contributed by atoms with Crippen LogP contribution >= 0.6 is 0 Å². The third-order valence-electron chi connectivity index (χ3n) is 3.29. The standard InChI is InChI=1S/C14H17N5O2/c1-10-8-12(18-17-10)16-14(20)11-2-3-13(15-9-11)19-4-6-21-7-5-19/h2-3,8-9H,4-7H2,1H3,(H2,16,17,18,20). The first-order valence-corrected chi connectivity index (χ1v) is 6.84. The third kappa shape index (κ3) is 3.19. The van der Waals surface area contributed by atoms with Gasteiger partial charge in [0.05, 0.1) is 18.8 Å². The number of aromatic nitrogens is 3. The average molecular weight is 287 g/mol. The minimum absolute atomic E-state index is 0.220. The van der Waals surface area contributed by atoms with Crippen molar-refractivity contribution in [3.63, 3.8) is 0 Å². The monoisotopic (exact) mass is 287 g/mol. The zero-order valence-electron chi connectivity index (χ0n) is 11.8. The number of aryl methyl sites for hydroxylation is 1. The zero-order valence-corrected chi connectivity index (χ0v) is 11.8. The van der Waals surface area contributed by atoms with Crippen LogP contribution in [0.5, 0.6) is 0 Å². The van der Waals surface area contributed by atoms with Crippen LogP contribution in [0.1, 0.15) is 16.1 Å². The highest BCUT2D eigenvalue weighted by atomic mass is 16.5. The van der Waals surface area contributed by atoms with Gasteiger partial charge < -0.3 is 15.0 Å². The first kappa shape index (κ1) is 13.6. The van der Waals surface area contributed by atoms with Gasteiger partial charge in [-0.05, 0) is 19.1 Å². The SMILES string of the molecule is Cc1cc(NC(=O)c2ccc(N3CCOCC3)nc2)n[nH]1. The topological polar surface area (TPSA) is 83.1 Å². The lowest BCUT2D eigenvalue weighted by atomic mass is 10.2. The Labute approximate surface area is 122 Å². The number of morpholine rings is 1. The number of H-pyrrole nitrogens is 1. The van der Waals surface area contributed by atoms with E-state index in [1.54, 1.807) is 18.3 Å². The van der Waals surface area contributed by atoms with Crippen LogP contribution in [-0.4, -0.2) is 47.4 Å². The first-order chi connectivity index (χ1) is 10.2. The molecule has 21 heavy (non-hydrogen) atoms. The summed E-state index contributed by atoms with van der Waals surface area (Å²) < 4.78 is 5.31. The van der Waals surface area contributed by atoms with Crippen LogP contribution in [0.3, 0.4) is 0 Å².